The molecule has 0 unspecified atom stereocenters. The fraction of sp³-hybridized carbons (Fsp3) is 0.429. The lowest BCUT2D eigenvalue weighted by atomic mass is 9.66. The van der Waals surface area contributed by atoms with E-state index in [-0.39, 0.29) is 11.2 Å². The summed E-state index contributed by atoms with van der Waals surface area (Å²) in [7, 11) is -3.22. The Labute approximate surface area is 190 Å². The Hall–Kier alpha value is -2.50. The van der Waals surface area contributed by atoms with E-state index in [1.54, 1.807) is 12.3 Å². The molecular weight excluding hydrogens is 451 g/mol. The van der Waals surface area contributed by atoms with Crippen molar-refractivity contribution in [3.8, 4) is 10.7 Å². The maximum Gasteiger partial charge on any atom is 0.211 e. The molecule has 0 spiro atoms. The molecule has 3 aromatic heterocycles. The number of thiazole rings is 1. The smallest absolute Gasteiger partial charge is 0.211 e. The summed E-state index contributed by atoms with van der Waals surface area (Å²) in [6.07, 6.45) is 6.28. The average molecular weight is 475 g/mol. The van der Waals surface area contributed by atoms with E-state index in [0.29, 0.717) is 43.3 Å². The number of aromatic nitrogens is 4. The Morgan fingerprint density at radius 3 is 2.75 bits per heavy atom. The highest BCUT2D eigenvalue weighted by atomic mass is 32.2. The largest absolute Gasteiger partial charge is 0.368 e. The van der Waals surface area contributed by atoms with Crippen LogP contribution in [0.3, 0.4) is 0 Å². The quantitative estimate of drug-likeness (QED) is 0.586. The second-order valence-electron chi connectivity index (χ2n) is 8.36. The number of rotatable bonds is 6. The predicted molar refractivity (Wildman–Crippen MR) is 120 cm³/mol. The maximum atomic E-state index is 14.3. The number of pyridine rings is 1. The second-order valence-corrected chi connectivity index (χ2v) is 11.4. The fourth-order valence-electron chi connectivity index (χ4n) is 4.24. The van der Waals surface area contributed by atoms with Crippen LogP contribution in [0.15, 0.2) is 30.5 Å². The van der Waals surface area contributed by atoms with E-state index in [2.05, 4.69) is 25.5 Å². The lowest BCUT2D eigenvalue weighted by Crippen LogP contribution is -2.42. The second kappa shape index (κ2) is 8.13. The number of nitrogens with zero attached hydrogens (tertiary/aromatic N) is 5. The van der Waals surface area contributed by atoms with Crippen LogP contribution >= 0.6 is 11.3 Å². The van der Waals surface area contributed by atoms with Crippen molar-refractivity contribution in [1.29, 1.82) is 0 Å². The van der Waals surface area contributed by atoms with Gasteiger partial charge < -0.3 is 5.32 Å². The molecule has 8 nitrogen and oxygen atoms in total. The van der Waals surface area contributed by atoms with E-state index in [1.165, 1.54) is 28.0 Å². The Bertz CT molecular complexity index is 1240. The highest BCUT2D eigenvalue weighted by Crippen LogP contribution is 2.43. The lowest BCUT2D eigenvalue weighted by Gasteiger charge is -2.41. The van der Waals surface area contributed by atoms with Gasteiger partial charge in [-0.2, -0.15) is 4.31 Å². The Kier molecular flexibility index (Phi) is 5.42. The van der Waals surface area contributed by atoms with Gasteiger partial charge in [0, 0.05) is 42.5 Å². The van der Waals surface area contributed by atoms with Crippen LogP contribution in [-0.2, 0) is 28.4 Å². The molecule has 1 aliphatic carbocycles. The number of hydrogen-bond acceptors (Lipinski definition) is 8. The van der Waals surface area contributed by atoms with Crippen LogP contribution in [0, 0.1) is 5.82 Å². The van der Waals surface area contributed by atoms with Gasteiger partial charge in [-0.1, -0.05) is 6.42 Å². The van der Waals surface area contributed by atoms with E-state index in [0.717, 1.165) is 34.8 Å². The Balaban J connectivity index is 1.29. The summed E-state index contributed by atoms with van der Waals surface area (Å²) in [5, 5.41) is 12.6. The van der Waals surface area contributed by atoms with Crippen molar-refractivity contribution in [3.63, 3.8) is 0 Å². The van der Waals surface area contributed by atoms with Gasteiger partial charge in [0.25, 0.3) is 0 Å². The van der Waals surface area contributed by atoms with E-state index >= 15 is 0 Å². The fourth-order valence-corrected chi connectivity index (χ4v) is 6.20. The van der Waals surface area contributed by atoms with Crippen LogP contribution in [0.2, 0.25) is 0 Å². The van der Waals surface area contributed by atoms with Gasteiger partial charge in [0.15, 0.2) is 0 Å². The molecule has 11 heteroatoms. The Morgan fingerprint density at radius 1 is 1.25 bits per heavy atom. The topological polar surface area (TPSA) is 101 Å². The molecule has 3 aromatic rings. The summed E-state index contributed by atoms with van der Waals surface area (Å²) in [5.41, 5.74) is 1.78. The molecule has 1 fully saturated rings. The minimum absolute atomic E-state index is 0.266. The van der Waals surface area contributed by atoms with Gasteiger partial charge in [0.2, 0.25) is 10.0 Å². The third-order valence-electron chi connectivity index (χ3n) is 6.23. The number of sulfonamides is 1. The lowest BCUT2D eigenvalue weighted by molar-refractivity contribution is 0.243. The van der Waals surface area contributed by atoms with Gasteiger partial charge in [-0.25, -0.2) is 17.8 Å². The first-order chi connectivity index (χ1) is 15.3. The van der Waals surface area contributed by atoms with Crippen LogP contribution in [0.25, 0.3) is 10.7 Å². The molecular formula is C21H23FN6O2S2. The molecule has 168 valence electrons. The molecule has 0 saturated heterocycles. The van der Waals surface area contributed by atoms with Gasteiger partial charge in [0.1, 0.15) is 22.3 Å². The van der Waals surface area contributed by atoms with Crippen molar-refractivity contribution in [2.75, 3.05) is 24.7 Å². The maximum absolute atomic E-state index is 14.3. The molecule has 0 radical (unpaired) electrons. The van der Waals surface area contributed by atoms with Crippen LogP contribution in [0.1, 0.15) is 35.5 Å². The molecule has 5 rings (SSSR count). The summed E-state index contributed by atoms with van der Waals surface area (Å²) in [4.78, 5) is 9.89. The third kappa shape index (κ3) is 4.00. The van der Waals surface area contributed by atoms with Crippen molar-refractivity contribution in [2.45, 2.75) is 37.6 Å². The van der Waals surface area contributed by atoms with Crippen molar-refractivity contribution >= 4 is 27.2 Å². The zero-order chi connectivity index (χ0) is 22.3. The molecule has 0 bridgehead atoms. The highest BCUT2D eigenvalue weighted by Gasteiger charge is 2.41. The zero-order valence-corrected chi connectivity index (χ0v) is 19.2. The van der Waals surface area contributed by atoms with Crippen molar-refractivity contribution < 1.29 is 12.8 Å². The first-order valence-electron chi connectivity index (χ1n) is 10.5. The molecule has 2 aliphatic rings. The molecule has 4 heterocycles. The van der Waals surface area contributed by atoms with Crippen molar-refractivity contribution in [3.05, 3.63) is 52.5 Å². The SMILES string of the molecule is CS(=O)(=O)N1CCc2nc(-c3ccc(NCC4(c5ncccc5F)CCC4)nn3)sc2C1. The Morgan fingerprint density at radius 2 is 2.09 bits per heavy atom. The molecule has 0 atom stereocenters. The number of fused-ring (bicyclic) bond motifs is 1. The van der Waals surface area contributed by atoms with Gasteiger partial charge in [0.05, 0.1) is 17.6 Å². The minimum Gasteiger partial charge on any atom is -0.368 e. The van der Waals surface area contributed by atoms with E-state index in [1.807, 2.05) is 12.1 Å². The van der Waals surface area contributed by atoms with Gasteiger partial charge >= 0.3 is 0 Å². The summed E-state index contributed by atoms with van der Waals surface area (Å²) in [6.45, 7) is 1.34. The third-order valence-corrected chi connectivity index (χ3v) is 8.58. The number of anilines is 1. The molecule has 32 heavy (non-hydrogen) atoms. The average Bonchev–Trinajstić information content (AvgIpc) is 3.17. The van der Waals surface area contributed by atoms with Gasteiger partial charge in [-0.05, 0) is 37.1 Å². The summed E-state index contributed by atoms with van der Waals surface area (Å²) in [6, 6.07) is 6.76. The van der Waals surface area contributed by atoms with E-state index < -0.39 is 10.0 Å². The zero-order valence-electron chi connectivity index (χ0n) is 17.6. The number of hydrogen-bond donors (Lipinski definition) is 1. The molecule has 0 amide bonds. The molecule has 1 N–H and O–H groups in total. The standard InChI is InChI=1S/C21H23FN6O2S2/c1-32(29,30)28-11-7-15-17(12-28)31-20(25-15)16-5-6-18(27-26-16)24-13-21(8-3-9-21)19-14(22)4-2-10-23-19/h2,4-6,10H,3,7-9,11-13H2,1H3,(H,24,27). The van der Waals surface area contributed by atoms with E-state index in [9.17, 15) is 12.8 Å². The highest BCUT2D eigenvalue weighted by molar-refractivity contribution is 7.88. The van der Waals surface area contributed by atoms with Crippen molar-refractivity contribution in [1.82, 2.24) is 24.5 Å². The van der Waals surface area contributed by atoms with Crippen molar-refractivity contribution in [2.24, 2.45) is 0 Å². The minimum atomic E-state index is -3.22. The van der Waals surface area contributed by atoms with E-state index in [4.69, 9.17) is 0 Å². The van der Waals surface area contributed by atoms with Crippen LogP contribution < -0.4 is 5.32 Å². The first-order valence-corrected chi connectivity index (χ1v) is 13.1. The summed E-state index contributed by atoms with van der Waals surface area (Å²) >= 11 is 1.45. The molecule has 0 aromatic carbocycles. The molecule has 1 aliphatic heterocycles. The summed E-state index contributed by atoms with van der Waals surface area (Å²) in [5.74, 6) is 0.346. The monoisotopic (exact) mass is 474 g/mol. The number of nitrogens with one attached hydrogen (secondary N) is 1. The normalized spacial score (nSPS) is 18.1. The number of halogens is 1. The predicted octanol–water partition coefficient (Wildman–Crippen LogP) is 2.99. The first kappa shape index (κ1) is 21.4. The van der Waals surface area contributed by atoms with Crippen LogP contribution in [0.4, 0.5) is 10.2 Å². The molecule has 1 saturated carbocycles. The van der Waals surface area contributed by atoms with Gasteiger partial charge in [-0.3, -0.25) is 4.98 Å². The van der Waals surface area contributed by atoms with Gasteiger partial charge in [-0.15, -0.1) is 21.5 Å². The van der Waals surface area contributed by atoms with Crippen LogP contribution in [0.5, 0.6) is 0 Å². The summed E-state index contributed by atoms with van der Waals surface area (Å²) < 4.78 is 39.4. The van der Waals surface area contributed by atoms with Crippen LogP contribution in [-0.4, -0.2) is 52.2 Å².